The summed E-state index contributed by atoms with van der Waals surface area (Å²) >= 11 is 0. The lowest BCUT2D eigenvalue weighted by atomic mass is 9.97. The molecule has 0 saturated carbocycles. The molecule has 118 valence electrons. The molecule has 7 heteroatoms. The van der Waals surface area contributed by atoms with Crippen molar-refractivity contribution < 1.29 is 27.3 Å². The molecule has 1 aliphatic rings. The van der Waals surface area contributed by atoms with Crippen molar-refractivity contribution in [3.05, 3.63) is 47.5 Å². The van der Waals surface area contributed by atoms with E-state index >= 15 is 0 Å². The van der Waals surface area contributed by atoms with Gasteiger partial charge in [-0.25, -0.2) is 9.59 Å². The molecule has 0 aromatic heterocycles. The van der Waals surface area contributed by atoms with Crippen LogP contribution in [-0.4, -0.2) is 31.2 Å². The third kappa shape index (κ3) is 4.37. The van der Waals surface area contributed by atoms with Crippen LogP contribution < -0.4 is 0 Å². The monoisotopic (exact) mass is 324 g/mol. The van der Waals surface area contributed by atoms with E-state index in [0.717, 1.165) is 5.39 Å². The molecule has 0 fully saturated rings. The molecule has 1 N–H and O–H groups in total. The van der Waals surface area contributed by atoms with Gasteiger partial charge in [0, 0.05) is 5.39 Å². The largest absolute Gasteiger partial charge is 0.386 e. The maximum absolute atomic E-state index is 11.4. The number of ether oxygens (including phenoxy) is 1. The number of benzene rings is 2. The van der Waals surface area contributed by atoms with Crippen LogP contribution in [0.2, 0.25) is 0 Å². The van der Waals surface area contributed by atoms with Crippen molar-refractivity contribution in [2.24, 2.45) is 0 Å². The van der Waals surface area contributed by atoms with Crippen LogP contribution in [0.15, 0.2) is 36.4 Å². The second kappa shape index (κ2) is 7.15. The molecule has 0 amide bonds. The lowest BCUT2D eigenvalue weighted by Crippen LogP contribution is -2.19. The normalized spacial score (nSPS) is 12.5. The predicted molar refractivity (Wildman–Crippen MR) is 82.5 cm³/mol. The third-order valence-corrected chi connectivity index (χ3v) is 2.53. The summed E-state index contributed by atoms with van der Waals surface area (Å²) < 4.78 is 30.5. The number of hydrogen-bond acceptors (Lipinski definition) is 5. The van der Waals surface area contributed by atoms with Gasteiger partial charge >= 0.3 is 11.9 Å². The first-order valence-corrected chi connectivity index (χ1v) is 8.33. The molecule has 1 heterocycles. The molecule has 22 heavy (non-hydrogen) atoms. The minimum Gasteiger partial charge on any atom is -0.386 e. The van der Waals surface area contributed by atoms with Gasteiger partial charge in [-0.3, -0.25) is 4.55 Å². The summed E-state index contributed by atoms with van der Waals surface area (Å²) in [6.07, 6.45) is 0.715. The molecular weight excluding hydrogens is 308 g/mol. The highest BCUT2D eigenvalue weighted by Gasteiger charge is 2.26. The SMILES string of the molecule is CC.CS(=O)(=O)O.O=C1OC(=O)c2cccc3cccc1c23. The maximum atomic E-state index is 11.4. The Balaban J connectivity index is 0.000000299. The van der Waals surface area contributed by atoms with E-state index in [-0.39, 0.29) is 0 Å². The van der Waals surface area contributed by atoms with Crippen molar-refractivity contribution in [3.8, 4) is 0 Å². The van der Waals surface area contributed by atoms with Crippen LogP contribution >= 0.6 is 0 Å². The molecule has 1 aliphatic heterocycles. The molecule has 3 rings (SSSR count). The Hall–Kier alpha value is -2.25. The first kappa shape index (κ1) is 17.8. The highest BCUT2D eigenvalue weighted by atomic mass is 32.2. The maximum Gasteiger partial charge on any atom is 0.346 e. The summed E-state index contributed by atoms with van der Waals surface area (Å²) in [6, 6.07) is 10.6. The molecule has 6 nitrogen and oxygen atoms in total. The molecule has 2 aromatic rings. The second-order valence-corrected chi connectivity index (χ2v) is 5.59. The standard InChI is InChI=1S/C12H6O3.C2H6.CH4O3S/c13-11-8-5-1-3-7-4-2-6-9(10(7)8)12(14)15-11;1-2;1-5(2,3)4/h1-6H;1-2H3;1H3,(H,2,3,4). The summed E-state index contributed by atoms with van der Waals surface area (Å²) in [7, 11) is -3.67. The van der Waals surface area contributed by atoms with Crippen LogP contribution in [0.3, 0.4) is 0 Å². The van der Waals surface area contributed by atoms with Crippen LogP contribution in [0.4, 0.5) is 0 Å². The molecule has 0 unspecified atom stereocenters. The minimum atomic E-state index is -3.67. The Morgan fingerprint density at radius 1 is 0.909 bits per heavy atom. The quantitative estimate of drug-likeness (QED) is 0.454. The fourth-order valence-electron chi connectivity index (χ4n) is 1.88. The number of esters is 2. The molecule has 0 bridgehead atoms. The number of carbonyl (C=O) groups excluding carboxylic acids is 2. The Labute approximate surface area is 128 Å². The molecule has 0 atom stereocenters. The van der Waals surface area contributed by atoms with Crippen LogP contribution in [-0.2, 0) is 14.9 Å². The van der Waals surface area contributed by atoms with Gasteiger partial charge in [-0.2, -0.15) is 8.42 Å². The zero-order valence-electron chi connectivity index (χ0n) is 12.4. The highest BCUT2D eigenvalue weighted by Crippen LogP contribution is 2.28. The molecular formula is C15H16O6S. The van der Waals surface area contributed by atoms with Gasteiger partial charge in [0.15, 0.2) is 0 Å². The van der Waals surface area contributed by atoms with E-state index in [2.05, 4.69) is 4.74 Å². The van der Waals surface area contributed by atoms with Crippen LogP contribution in [0.5, 0.6) is 0 Å². The summed E-state index contributed by atoms with van der Waals surface area (Å²) in [5.41, 5.74) is 0.922. The first-order valence-electron chi connectivity index (χ1n) is 6.48. The summed E-state index contributed by atoms with van der Waals surface area (Å²) in [4.78, 5) is 22.9. The lowest BCUT2D eigenvalue weighted by molar-refractivity contribution is 0.0391. The van der Waals surface area contributed by atoms with Crippen molar-refractivity contribution in [1.82, 2.24) is 0 Å². The summed E-state index contributed by atoms with van der Waals surface area (Å²) in [6.45, 7) is 4.00. The Bertz CT molecular complexity index is 751. The van der Waals surface area contributed by atoms with Crippen LogP contribution in [0, 0.1) is 0 Å². The zero-order chi connectivity index (χ0) is 16.9. The number of rotatable bonds is 0. The van der Waals surface area contributed by atoms with Gasteiger partial charge in [0.25, 0.3) is 10.1 Å². The summed E-state index contributed by atoms with van der Waals surface area (Å²) in [5, 5.41) is 1.58. The fraction of sp³-hybridized carbons (Fsp3) is 0.200. The van der Waals surface area contributed by atoms with E-state index in [1.807, 2.05) is 26.0 Å². The highest BCUT2D eigenvalue weighted by molar-refractivity contribution is 7.85. The van der Waals surface area contributed by atoms with Gasteiger partial charge in [0.05, 0.1) is 17.4 Å². The molecule has 0 spiro atoms. The van der Waals surface area contributed by atoms with Crippen LogP contribution in [0.1, 0.15) is 34.6 Å². The van der Waals surface area contributed by atoms with E-state index in [1.54, 1.807) is 24.3 Å². The molecule has 0 aliphatic carbocycles. The fourth-order valence-corrected chi connectivity index (χ4v) is 1.88. The minimum absolute atomic E-state index is 0.461. The van der Waals surface area contributed by atoms with Crippen molar-refractivity contribution >= 4 is 32.8 Å². The Morgan fingerprint density at radius 2 is 1.27 bits per heavy atom. The van der Waals surface area contributed by atoms with E-state index in [1.165, 1.54) is 0 Å². The number of cyclic esters (lactones) is 2. The average Bonchev–Trinajstić information content (AvgIpc) is 2.45. The predicted octanol–water partition coefficient (Wildman–Crippen LogP) is 2.68. The summed E-state index contributed by atoms with van der Waals surface area (Å²) in [5.74, 6) is -1.13. The Kier molecular flexibility index (Phi) is 5.78. The molecule has 0 saturated heterocycles. The van der Waals surface area contributed by atoms with E-state index < -0.39 is 22.1 Å². The van der Waals surface area contributed by atoms with E-state index in [4.69, 9.17) is 4.55 Å². The third-order valence-electron chi connectivity index (χ3n) is 2.53. The van der Waals surface area contributed by atoms with Gasteiger partial charge in [0.2, 0.25) is 0 Å². The van der Waals surface area contributed by atoms with E-state index in [0.29, 0.717) is 22.8 Å². The average molecular weight is 324 g/mol. The zero-order valence-corrected chi connectivity index (χ0v) is 13.2. The van der Waals surface area contributed by atoms with Gasteiger partial charge < -0.3 is 4.74 Å². The van der Waals surface area contributed by atoms with Gasteiger partial charge in [-0.05, 0) is 17.5 Å². The molecule has 0 radical (unpaired) electrons. The smallest absolute Gasteiger partial charge is 0.346 e. The van der Waals surface area contributed by atoms with Crippen molar-refractivity contribution in [2.45, 2.75) is 13.8 Å². The second-order valence-electron chi connectivity index (χ2n) is 4.12. The Morgan fingerprint density at radius 3 is 1.64 bits per heavy atom. The van der Waals surface area contributed by atoms with Gasteiger partial charge in [-0.15, -0.1) is 0 Å². The first-order chi connectivity index (χ1) is 10.3. The number of carbonyl (C=O) groups is 2. The topological polar surface area (TPSA) is 97.7 Å². The van der Waals surface area contributed by atoms with Crippen molar-refractivity contribution in [1.29, 1.82) is 0 Å². The number of hydrogen-bond donors (Lipinski definition) is 1. The lowest BCUT2D eigenvalue weighted by Gasteiger charge is -2.14. The van der Waals surface area contributed by atoms with Gasteiger partial charge in [0.1, 0.15) is 0 Å². The molecule has 2 aromatic carbocycles. The van der Waals surface area contributed by atoms with Crippen molar-refractivity contribution in [3.63, 3.8) is 0 Å². The van der Waals surface area contributed by atoms with Crippen LogP contribution in [0.25, 0.3) is 10.8 Å². The van der Waals surface area contributed by atoms with E-state index in [9.17, 15) is 18.0 Å². The van der Waals surface area contributed by atoms with Crippen molar-refractivity contribution in [2.75, 3.05) is 6.26 Å². The van der Waals surface area contributed by atoms with Gasteiger partial charge in [-0.1, -0.05) is 38.1 Å².